The fraction of sp³-hybridized carbons (Fsp3) is 0.550. The van der Waals surface area contributed by atoms with E-state index >= 15 is 0 Å². The maximum absolute atomic E-state index is 12.8. The van der Waals surface area contributed by atoms with Crippen LogP contribution in [-0.4, -0.2) is 43.9 Å². The monoisotopic (exact) mass is 372 g/mol. The highest BCUT2D eigenvalue weighted by molar-refractivity contribution is 7.99. The zero-order valence-electron chi connectivity index (χ0n) is 15.7. The lowest BCUT2D eigenvalue weighted by Gasteiger charge is -2.33. The molecule has 1 aliphatic rings. The Labute approximate surface area is 160 Å². The minimum absolute atomic E-state index is 0.211. The molecule has 5 nitrogen and oxygen atoms in total. The van der Waals surface area contributed by atoms with E-state index in [1.165, 1.54) is 36.6 Å². The molecule has 2 aromatic rings. The Hall–Kier alpha value is -1.82. The molecule has 1 amide bonds. The van der Waals surface area contributed by atoms with Gasteiger partial charge in [-0.25, -0.2) is 0 Å². The van der Waals surface area contributed by atoms with Gasteiger partial charge in [-0.2, -0.15) is 0 Å². The van der Waals surface area contributed by atoms with E-state index in [-0.39, 0.29) is 5.91 Å². The van der Waals surface area contributed by atoms with Crippen molar-refractivity contribution in [1.82, 2.24) is 19.7 Å². The number of aryl methyl sites for hydroxylation is 1. The average Bonchev–Trinajstić information content (AvgIpc) is 3.16. The zero-order chi connectivity index (χ0) is 18.4. The number of benzene rings is 1. The molecule has 0 spiro atoms. The first-order valence-electron chi connectivity index (χ1n) is 9.65. The van der Waals surface area contributed by atoms with Gasteiger partial charge in [-0.05, 0) is 37.8 Å². The highest BCUT2D eigenvalue weighted by atomic mass is 32.2. The lowest BCUT2D eigenvalue weighted by atomic mass is 9.94. The average molecular weight is 373 g/mol. The minimum atomic E-state index is 0.211. The molecule has 0 unspecified atom stereocenters. The van der Waals surface area contributed by atoms with Crippen LogP contribution in [0.3, 0.4) is 0 Å². The third-order valence-electron chi connectivity index (χ3n) is 5.15. The van der Waals surface area contributed by atoms with Crippen molar-refractivity contribution in [3.8, 4) is 5.69 Å². The lowest BCUT2D eigenvalue weighted by Crippen LogP contribution is -2.42. The first kappa shape index (κ1) is 19.0. The van der Waals surface area contributed by atoms with Gasteiger partial charge >= 0.3 is 0 Å². The number of hydrogen-bond donors (Lipinski definition) is 0. The van der Waals surface area contributed by atoms with E-state index in [4.69, 9.17) is 0 Å². The molecule has 1 heterocycles. The number of para-hydroxylation sites is 1. The van der Waals surface area contributed by atoms with Crippen LogP contribution in [-0.2, 0) is 11.2 Å². The van der Waals surface area contributed by atoms with Crippen LogP contribution < -0.4 is 0 Å². The van der Waals surface area contributed by atoms with Crippen molar-refractivity contribution in [3.63, 3.8) is 0 Å². The summed E-state index contributed by atoms with van der Waals surface area (Å²) in [5.41, 5.74) is 2.34. The van der Waals surface area contributed by atoms with Crippen molar-refractivity contribution in [2.75, 3.05) is 12.3 Å². The Balaban J connectivity index is 1.68. The summed E-state index contributed by atoms with van der Waals surface area (Å²) in [6, 6.07) is 8.69. The number of carbonyl (C=O) groups excluding carboxylic acids is 1. The summed E-state index contributed by atoms with van der Waals surface area (Å²) in [6.45, 7) is 5.01. The first-order chi connectivity index (χ1) is 12.7. The van der Waals surface area contributed by atoms with Crippen molar-refractivity contribution >= 4 is 17.7 Å². The van der Waals surface area contributed by atoms with E-state index in [1.807, 2.05) is 16.7 Å². The number of hydrogen-bond acceptors (Lipinski definition) is 4. The molecule has 0 saturated heterocycles. The van der Waals surface area contributed by atoms with Gasteiger partial charge in [-0.3, -0.25) is 9.36 Å². The summed E-state index contributed by atoms with van der Waals surface area (Å²) in [4.78, 5) is 14.8. The van der Waals surface area contributed by atoms with E-state index in [0.29, 0.717) is 11.8 Å². The van der Waals surface area contributed by atoms with Gasteiger partial charge in [0.1, 0.15) is 6.33 Å². The smallest absolute Gasteiger partial charge is 0.233 e. The normalized spacial score (nSPS) is 15.2. The summed E-state index contributed by atoms with van der Waals surface area (Å²) in [5.74, 6) is 0.625. The van der Waals surface area contributed by atoms with Gasteiger partial charge in [-0.1, -0.05) is 56.1 Å². The van der Waals surface area contributed by atoms with Crippen LogP contribution in [0.2, 0.25) is 0 Å². The minimum Gasteiger partial charge on any atom is -0.339 e. The summed E-state index contributed by atoms with van der Waals surface area (Å²) < 4.78 is 1.99. The van der Waals surface area contributed by atoms with Crippen molar-refractivity contribution in [2.45, 2.75) is 63.6 Å². The van der Waals surface area contributed by atoms with Crippen molar-refractivity contribution in [3.05, 3.63) is 36.2 Å². The van der Waals surface area contributed by atoms with Crippen LogP contribution in [0.4, 0.5) is 0 Å². The SMILES string of the molecule is CCc1ccccc1-n1cnnc1SCC(=O)N(CC)C1CCCCC1. The summed E-state index contributed by atoms with van der Waals surface area (Å²) in [5, 5.41) is 9.09. The van der Waals surface area contributed by atoms with Crippen LogP contribution in [0.1, 0.15) is 51.5 Å². The van der Waals surface area contributed by atoms with Gasteiger partial charge in [-0.15, -0.1) is 10.2 Å². The molecule has 3 rings (SSSR count). The van der Waals surface area contributed by atoms with Crippen molar-refractivity contribution < 1.29 is 4.79 Å². The number of carbonyl (C=O) groups is 1. The topological polar surface area (TPSA) is 51.0 Å². The van der Waals surface area contributed by atoms with E-state index in [1.54, 1.807) is 6.33 Å². The predicted molar refractivity (Wildman–Crippen MR) is 106 cm³/mol. The second-order valence-corrected chi connectivity index (χ2v) is 7.67. The van der Waals surface area contributed by atoms with E-state index in [9.17, 15) is 4.79 Å². The molecule has 1 aliphatic carbocycles. The molecule has 1 aromatic heterocycles. The Bertz CT molecular complexity index is 724. The van der Waals surface area contributed by atoms with Crippen LogP contribution in [0, 0.1) is 0 Å². The number of nitrogens with zero attached hydrogens (tertiary/aromatic N) is 4. The third kappa shape index (κ3) is 4.29. The maximum Gasteiger partial charge on any atom is 0.233 e. The largest absolute Gasteiger partial charge is 0.339 e. The van der Waals surface area contributed by atoms with E-state index < -0.39 is 0 Å². The number of amides is 1. The van der Waals surface area contributed by atoms with Gasteiger partial charge in [0, 0.05) is 12.6 Å². The fourth-order valence-corrected chi connectivity index (χ4v) is 4.58. The third-order valence-corrected chi connectivity index (χ3v) is 6.08. The number of rotatable bonds is 7. The molecule has 0 bridgehead atoms. The molecular formula is C20H28N4OS. The Morgan fingerprint density at radius 3 is 2.73 bits per heavy atom. The number of thioether (sulfide) groups is 1. The van der Waals surface area contributed by atoms with Crippen LogP contribution in [0.5, 0.6) is 0 Å². The zero-order valence-corrected chi connectivity index (χ0v) is 16.5. The highest BCUT2D eigenvalue weighted by Crippen LogP contribution is 2.25. The fourth-order valence-electron chi connectivity index (χ4n) is 3.77. The Kier molecular flexibility index (Phi) is 6.72. The highest BCUT2D eigenvalue weighted by Gasteiger charge is 2.24. The van der Waals surface area contributed by atoms with E-state index in [2.05, 4.69) is 41.1 Å². The van der Waals surface area contributed by atoms with E-state index in [0.717, 1.165) is 36.7 Å². The summed E-state index contributed by atoms with van der Waals surface area (Å²) in [6.07, 6.45) is 8.75. The van der Waals surface area contributed by atoms with Crippen molar-refractivity contribution in [2.24, 2.45) is 0 Å². The second-order valence-electron chi connectivity index (χ2n) is 6.73. The first-order valence-corrected chi connectivity index (χ1v) is 10.6. The Morgan fingerprint density at radius 2 is 2.00 bits per heavy atom. The van der Waals surface area contributed by atoms with Crippen LogP contribution in [0.15, 0.2) is 35.7 Å². The molecule has 0 radical (unpaired) electrons. The molecule has 0 aliphatic heterocycles. The standard InChI is InChI=1S/C20H28N4OS/c1-3-16-10-8-9-13-18(16)24-15-21-22-20(24)26-14-19(25)23(4-2)17-11-6-5-7-12-17/h8-10,13,15,17H,3-7,11-12,14H2,1-2H3. The molecular weight excluding hydrogens is 344 g/mol. The molecule has 0 N–H and O–H groups in total. The van der Waals surface area contributed by atoms with Crippen LogP contribution in [0.25, 0.3) is 5.69 Å². The van der Waals surface area contributed by atoms with Crippen LogP contribution >= 0.6 is 11.8 Å². The molecule has 6 heteroatoms. The molecule has 1 fully saturated rings. The maximum atomic E-state index is 12.8. The van der Waals surface area contributed by atoms with Gasteiger partial charge in [0.25, 0.3) is 0 Å². The number of aromatic nitrogens is 3. The Morgan fingerprint density at radius 1 is 1.23 bits per heavy atom. The van der Waals surface area contributed by atoms with Gasteiger partial charge in [0.2, 0.25) is 5.91 Å². The van der Waals surface area contributed by atoms with Gasteiger partial charge in [0.05, 0.1) is 11.4 Å². The summed E-state index contributed by atoms with van der Waals surface area (Å²) >= 11 is 1.48. The summed E-state index contributed by atoms with van der Waals surface area (Å²) in [7, 11) is 0. The predicted octanol–water partition coefficient (Wildman–Crippen LogP) is 4.10. The lowest BCUT2D eigenvalue weighted by molar-refractivity contribution is -0.131. The second kappa shape index (κ2) is 9.21. The molecule has 1 aromatic carbocycles. The van der Waals surface area contributed by atoms with Crippen molar-refractivity contribution in [1.29, 1.82) is 0 Å². The molecule has 1 saturated carbocycles. The van der Waals surface area contributed by atoms with Gasteiger partial charge < -0.3 is 4.90 Å². The quantitative estimate of drug-likeness (QED) is 0.687. The van der Waals surface area contributed by atoms with Gasteiger partial charge in [0.15, 0.2) is 5.16 Å². The molecule has 0 atom stereocenters. The molecule has 140 valence electrons. The molecule has 26 heavy (non-hydrogen) atoms.